The van der Waals surface area contributed by atoms with Gasteiger partial charge in [-0.3, -0.25) is 9.48 Å². The monoisotopic (exact) mass is 334 g/mol. The predicted molar refractivity (Wildman–Crippen MR) is 98.1 cm³/mol. The topological polar surface area (TPSA) is 59.0 Å². The van der Waals surface area contributed by atoms with Gasteiger partial charge in [-0.15, -0.1) is 0 Å². The van der Waals surface area contributed by atoms with Crippen LogP contribution in [0, 0.1) is 25.7 Å². The van der Waals surface area contributed by atoms with E-state index in [1.165, 1.54) is 24.1 Å². The Morgan fingerprint density at radius 2 is 2.21 bits per heavy atom. The standard InChI is InChI=1S/C19H34N4O/c1-14(2)13-23-16(4)18(15(3)22-23)7-8-19(24)21-11-9-17-6-5-10-20-12-17/h14,17,20H,5-13H2,1-4H3,(H,21,24). The number of piperidine rings is 1. The van der Waals surface area contributed by atoms with Gasteiger partial charge in [0.25, 0.3) is 0 Å². The number of hydrogen-bond acceptors (Lipinski definition) is 3. The molecule has 1 aliphatic heterocycles. The average molecular weight is 335 g/mol. The van der Waals surface area contributed by atoms with Crippen LogP contribution in [0.4, 0.5) is 0 Å². The molecule has 5 heteroatoms. The SMILES string of the molecule is Cc1nn(CC(C)C)c(C)c1CCC(=O)NCCC1CCCNC1. The lowest BCUT2D eigenvalue weighted by Crippen LogP contribution is -2.33. The maximum atomic E-state index is 12.1. The fraction of sp³-hybridized carbons (Fsp3) is 0.789. The molecule has 1 amide bonds. The Balaban J connectivity index is 1.74. The molecule has 0 aliphatic carbocycles. The summed E-state index contributed by atoms with van der Waals surface area (Å²) in [6.45, 7) is 12.6. The highest BCUT2D eigenvalue weighted by Crippen LogP contribution is 2.17. The number of nitrogens with zero attached hydrogens (tertiary/aromatic N) is 2. The summed E-state index contributed by atoms with van der Waals surface area (Å²) < 4.78 is 2.09. The molecule has 0 saturated carbocycles. The summed E-state index contributed by atoms with van der Waals surface area (Å²) >= 11 is 0. The normalized spacial score (nSPS) is 18.1. The van der Waals surface area contributed by atoms with E-state index >= 15 is 0 Å². The number of nitrogens with one attached hydrogen (secondary N) is 2. The lowest BCUT2D eigenvalue weighted by atomic mass is 9.96. The van der Waals surface area contributed by atoms with E-state index in [4.69, 9.17) is 0 Å². The zero-order chi connectivity index (χ0) is 17.5. The first-order valence-corrected chi connectivity index (χ1v) is 9.47. The molecule has 1 aliphatic rings. The van der Waals surface area contributed by atoms with Crippen LogP contribution in [-0.4, -0.2) is 35.3 Å². The fourth-order valence-corrected chi connectivity index (χ4v) is 3.53. The Hall–Kier alpha value is -1.36. The first-order valence-electron chi connectivity index (χ1n) is 9.47. The van der Waals surface area contributed by atoms with E-state index < -0.39 is 0 Å². The molecule has 2 N–H and O–H groups in total. The smallest absolute Gasteiger partial charge is 0.220 e. The highest BCUT2D eigenvalue weighted by molar-refractivity contribution is 5.76. The number of aryl methyl sites for hydroxylation is 1. The molecule has 0 radical (unpaired) electrons. The maximum Gasteiger partial charge on any atom is 0.220 e. The molecule has 1 unspecified atom stereocenters. The van der Waals surface area contributed by atoms with Gasteiger partial charge in [-0.25, -0.2) is 0 Å². The minimum absolute atomic E-state index is 0.161. The number of carbonyl (C=O) groups is 1. The second-order valence-electron chi connectivity index (χ2n) is 7.58. The van der Waals surface area contributed by atoms with Crippen molar-refractivity contribution in [3.63, 3.8) is 0 Å². The van der Waals surface area contributed by atoms with Gasteiger partial charge in [0.1, 0.15) is 0 Å². The number of carbonyl (C=O) groups excluding carboxylic acids is 1. The Morgan fingerprint density at radius 1 is 1.42 bits per heavy atom. The number of amides is 1. The van der Waals surface area contributed by atoms with E-state index in [1.54, 1.807) is 0 Å². The summed E-state index contributed by atoms with van der Waals surface area (Å²) in [5, 5.41) is 11.1. The van der Waals surface area contributed by atoms with Gasteiger partial charge in [0, 0.05) is 25.2 Å². The van der Waals surface area contributed by atoms with Crippen molar-refractivity contribution in [2.75, 3.05) is 19.6 Å². The Labute approximate surface area is 146 Å². The molecule has 1 aromatic rings. The first-order chi connectivity index (χ1) is 11.5. The molecule has 0 spiro atoms. The maximum absolute atomic E-state index is 12.1. The first kappa shape index (κ1) is 19.0. The summed E-state index contributed by atoms with van der Waals surface area (Å²) in [5.74, 6) is 1.46. The van der Waals surface area contributed by atoms with Crippen molar-refractivity contribution in [2.24, 2.45) is 11.8 Å². The van der Waals surface area contributed by atoms with Gasteiger partial charge in [-0.2, -0.15) is 5.10 Å². The van der Waals surface area contributed by atoms with Crippen molar-refractivity contribution >= 4 is 5.91 Å². The van der Waals surface area contributed by atoms with Crippen molar-refractivity contribution in [1.82, 2.24) is 20.4 Å². The van der Waals surface area contributed by atoms with Crippen LogP contribution in [0.5, 0.6) is 0 Å². The van der Waals surface area contributed by atoms with Gasteiger partial charge in [-0.05, 0) is 70.0 Å². The summed E-state index contributed by atoms with van der Waals surface area (Å²) in [7, 11) is 0. The van der Waals surface area contributed by atoms with Crippen LogP contribution in [0.15, 0.2) is 0 Å². The van der Waals surface area contributed by atoms with Crippen LogP contribution in [0.1, 0.15) is 56.5 Å². The highest BCUT2D eigenvalue weighted by Gasteiger charge is 2.15. The minimum atomic E-state index is 0.161. The van der Waals surface area contributed by atoms with E-state index in [-0.39, 0.29) is 5.91 Å². The summed E-state index contributed by atoms with van der Waals surface area (Å²) in [5.41, 5.74) is 3.51. The van der Waals surface area contributed by atoms with E-state index in [0.717, 1.165) is 50.6 Å². The predicted octanol–water partition coefficient (Wildman–Crippen LogP) is 2.59. The Morgan fingerprint density at radius 3 is 2.88 bits per heavy atom. The van der Waals surface area contributed by atoms with Gasteiger partial charge in [0.05, 0.1) is 5.69 Å². The summed E-state index contributed by atoms with van der Waals surface area (Å²) in [6, 6.07) is 0. The molecule has 2 heterocycles. The van der Waals surface area contributed by atoms with Crippen molar-refractivity contribution in [2.45, 2.75) is 66.3 Å². The molecule has 24 heavy (non-hydrogen) atoms. The van der Waals surface area contributed by atoms with Crippen LogP contribution < -0.4 is 10.6 Å². The van der Waals surface area contributed by atoms with Crippen molar-refractivity contribution in [1.29, 1.82) is 0 Å². The lowest BCUT2D eigenvalue weighted by Gasteiger charge is -2.22. The molecule has 136 valence electrons. The number of rotatable bonds is 8. The molecule has 1 saturated heterocycles. The van der Waals surface area contributed by atoms with E-state index in [9.17, 15) is 4.79 Å². The van der Waals surface area contributed by atoms with Crippen LogP contribution in [-0.2, 0) is 17.8 Å². The number of hydrogen-bond donors (Lipinski definition) is 2. The third-order valence-corrected chi connectivity index (χ3v) is 4.95. The van der Waals surface area contributed by atoms with Crippen molar-refractivity contribution < 1.29 is 4.79 Å². The minimum Gasteiger partial charge on any atom is -0.356 e. The Kier molecular flexibility index (Phi) is 7.28. The van der Waals surface area contributed by atoms with E-state index in [1.807, 2.05) is 6.92 Å². The molecule has 0 aromatic carbocycles. The quantitative estimate of drug-likeness (QED) is 0.768. The number of aromatic nitrogens is 2. The zero-order valence-corrected chi connectivity index (χ0v) is 15.8. The van der Waals surface area contributed by atoms with Crippen molar-refractivity contribution in [3.8, 4) is 0 Å². The third-order valence-electron chi connectivity index (χ3n) is 4.95. The molecule has 1 fully saturated rings. The van der Waals surface area contributed by atoms with Crippen LogP contribution in [0.2, 0.25) is 0 Å². The molecular weight excluding hydrogens is 300 g/mol. The second-order valence-corrected chi connectivity index (χ2v) is 7.58. The summed E-state index contributed by atoms with van der Waals surface area (Å²) in [4.78, 5) is 12.1. The molecule has 1 atom stereocenters. The van der Waals surface area contributed by atoms with Crippen LogP contribution in [0.3, 0.4) is 0 Å². The van der Waals surface area contributed by atoms with Crippen LogP contribution >= 0.6 is 0 Å². The van der Waals surface area contributed by atoms with Crippen LogP contribution in [0.25, 0.3) is 0 Å². The van der Waals surface area contributed by atoms with Gasteiger partial charge in [-0.1, -0.05) is 13.8 Å². The summed E-state index contributed by atoms with van der Waals surface area (Å²) in [6.07, 6.45) is 4.97. The molecule has 1 aromatic heterocycles. The third kappa shape index (κ3) is 5.62. The highest BCUT2D eigenvalue weighted by atomic mass is 16.1. The van der Waals surface area contributed by atoms with E-state index in [2.05, 4.69) is 41.2 Å². The molecule has 5 nitrogen and oxygen atoms in total. The van der Waals surface area contributed by atoms with E-state index in [0.29, 0.717) is 12.3 Å². The Bertz CT molecular complexity index is 530. The zero-order valence-electron chi connectivity index (χ0n) is 15.8. The lowest BCUT2D eigenvalue weighted by molar-refractivity contribution is -0.121. The molecular formula is C19H34N4O. The molecule has 2 rings (SSSR count). The van der Waals surface area contributed by atoms with Gasteiger partial charge >= 0.3 is 0 Å². The average Bonchev–Trinajstić information content (AvgIpc) is 2.80. The fourth-order valence-electron chi connectivity index (χ4n) is 3.53. The van der Waals surface area contributed by atoms with Gasteiger partial charge in [0.15, 0.2) is 0 Å². The molecule has 0 bridgehead atoms. The largest absolute Gasteiger partial charge is 0.356 e. The van der Waals surface area contributed by atoms with Crippen molar-refractivity contribution in [3.05, 3.63) is 17.0 Å². The second kappa shape index (κ2) is 9.21. The van der Waals surface area contributed by atoms with Gasteiger partial charge in [0.2, 0.25) is 5.91 Å². The van der Waals surface area contributed by atoms with Gasteiger partial charge < -0.3 is 10.6 Å².